The highest BCUT2D eigenvalue weighted by atomic mass is 15.3. The van der Waals surface area contributed by atoms with E-state index in [-0.39, 0.29) is 0 Å². The van der Waals surface area contributed by atoms with Crippen molar-refractivity contribution < 1.29 is 4.58 Å². The predicted octanol–water partition coefficient (Wildman–Crippen LogP) is 7.17. The molecular formula is C29H37N2+. The molecule has 1 aliphatic heterocycles. The van der Waals surface area contributed by atoms with Crippen LogP contribution in [0, 0.1) is 5.92 Å². The highest BCUT2D eigenvalue weighted by molar-refractivity contribution is 5.83. The van der Waals surface area contributed by atoms with Gasteiger partial charge in [0.25, 0.3) is 0 Å². The van der Waals surface area contributed by atoms with Crippen LogP contribution < -0.4 is 4.90 Å². The van der Waals surface area contributed by atoms with Gasteiger partial charge in [-0.2, -0.15) is 0 Å². The molecular weight excluding hydrogens is 376 g/mol. The van der Waals surface area contributed by atoms with Gasteiger partial charge in [0, 0.05) is 11.1 Å². The van der Waals surface area contributed by atoms with Crippen molar-refractivity contribution in [2.45, 2.75) is 66.0 Å². The van der Waals surface area contributed by atoms with Gasteiger partial charge in [-0.25, -0.2) is 4.90 Å². The first kappa shape index (κ1) is 21.6. The van der Waals surface area contributed by atoms with Crippen LogP contribution in [0.2, 0.25) is 0 Å². The van der Waals surface area contributed by atoms with Gasteiger partial charge in [0.2, 0.25) is 6.34 Å². The first-order valence-electron chi connectivity index (χ1n) is 11.8. The van der Waals surface area contributed by atoms with E-state index in [1.54, 1.807) is 0 Å². The third-order valence-electron chi connectivity index (χ3n) is 6.68. The van der Waals surface area contributed by atoms with Crippen molar-refractivity contribution in [1.29, 1.82) is 0 Å². The maximum Gasteiger partial charge on any atom is 0.240 e. The van der Waals surface area contributed by atoms with Crippen molar-refractivity contribution in [1.82, 2.24) is 0 Å². The molecule has 0 aromatic heterocycles. The van der Waals surface area contributed by atoms with Crippen molar-refractivity contribution in [3.05, 3.63) is 77.4 Å². The molecule has 2 nitrogen and oxygen atoms in total. The zero-order chi connectivity index (χ0) is 22.1. The highest BCUT2D eigenvalue weighted by Gasteiger charge is 2.36. The number of fused-ring (bicyclic) bond motifs is 1. The van der Waals surface area contributed by atoms with Crippen molar-refractivity contribution in [3.63, 3.8) is 0 Å². The van der Waals surface area contributed by atoms with Gasteiger partial charge in [-0.3, -0.25) is 4.58 Å². The fraction of sp³-hybridized carbons (Fsp3) is 0.414. The third-order valence-corrected chi connectivity index (χ3v) is 6.68. The molecule has 0 amide bonds. The Kier molecular flexibility index (Phi) is 6.18. The van der Waals surface area contributed by atoms with E-state index < -0.39 is 0 Å². The lowest BCUT2D eigenvalue weighted by Gasteiger charge is -2.22. The normalized spacial score (nSPS) is 16.7. The average Bonchev–Trinajstić information content (AvgIpc) is 3.16. The number of rotatable bonds is 6. The Morgan fingerprint density at radius 3 is 2.06 bits per heavy atom. The summed E-state index contributed by atoms with van der Waals surface area (Å²) in [5.74, 6) is 1.61. The number of hydrogen-bond donors (Lipinski definition) is 0. The van der Waals surface area contributed by atoms with Gasteiger partial charge in [0.1, 0.15) is 24.8 Å². The Labute approximate surface area is 188 Å². The van der Waals surface area contributed by atoms with E-state index in [4.69, 9.17) is 0 Å². The largest absolute Gasteiger partial charge is 0.257 e. The molecule has 162 valence electrons. The summed E-state index contributed by atoms with van der Waals surface area (Å²) in [5, 5.41) is 2.63. The van der Waals surface area contributed by atoms with E-state index in [0.717, 1.165) is 13.1 Å². The van der Waals surface area contributed by atoms with Gasteiger partial charge < -0.3 is 0 Å². The molecule has 2 heteroatoms. The monoisotopic (exact) mass is 413 g/mol. The van der Waals surface area contributed by atoms with Crippen LogP contribution in [0.25, 0.3) is 10.8 Å². The van der Waals surface area contributed by atoms with Crippen LogP contribution in [0.1, 0.15) is 70.1 Å². The molecule has 0 fully saturated rings. The van der Waals surface area contributed by atoms with Crippen molar-refractivity contribution >= 4 is 22.8 Å². The molecule has 0 unspecified atom stereocenters. The second kappa shape index (κ2) is 8.86. The van der Waals surface area contributed by atoms with E-state index in [1.807, 2.05) is 0 Å². The fourth-order valence-corrected chi connectivity index (χ4v) is 4.91. The van der Waals surface area contributed by atoms with Crippen LogP contribution in [-0.4, -0.2) is 23.5 Å². The number of benzene rings is 3. The third kappa shape index (κ3) is 4.39. The lowest BCUT2D eigenvalue weighted by Crippen LogP contribution is -2.32. The number of para-hydroxylation sites is 1. The minimum absolute atomic E-state index is 0.506. The summed E-state index contributed by atoms with van der Waals surface area (Å²) in [4.78, 5) is 2.54. The second-order valence-electron chi connectivity index (χ2n) is 10.0. The molecule has 1 aliphatic rings. The molecule has 0 saturated carbocycles. The van der Waals surface area contributed by atoms with E-state index in [1.165, 1.54) is 33.2 Å². The summed E-state index contributed by atoms with van der Waals surface area (Å²) in [5.41, 5.74) is 5.72. The molecule has 0 radical (unpaired) electrons. The average molecular weight is 414 g/mol. The quantitative estimate of drug-likeness (QED) is 0.388. The summed E-state index contributed by atoms with van der Waals surface area (Å²) in [6.07, 6.45) is 2.40. The summed E-state index contributed by atoms with van der Waals surface area (Å²) in [6.45, 7) is 16.0. The van der Waals surface area contributed by atoms with Crippen LogP contribution in [-0.2, 0) is 6.54 Å². The summed E-state index contributed by atoms with van der Waals surface area (Å²) >= 11 is 0. The Morgan fingerprint density at radius 2 is 1.45 bits per heavy atom. The van der Waals surface area contributed by atoms with Gasteiger partial charge in [0.05, 0.1) is 0 Å². The van der Waals surface area contributed by atoms with Gasteiger partial charge in [-0.1, -0.05) is 96.1 Å². The van der Waals surface area contributed by atoms with Crippen LogP contribution >= 0.6 is 0 Å². The Hall–Kier alpha value is -2.61. The van der Waals surface area contributed by atoms with Crippen molar-refractivity contribution in [2.24, 2.45) is 5.92 Å². The molecule has 1 heterocycles. The van der Waals surface area contributed by atoms with Gasteiger partial charge >= 0.3 is 0 Å². The molecule has 3 aromatic rings. The fourth-order valence-electron chi connectivity index (χ4n) is 4.91. The van der Waals surface area contributed by atoms with Crippen LogP contribution in [0.3, 0.4) is 0 Å². The van der Waals surface area contributed by atoms with Gasteiger partial charge in [-0.15, -0.1) is 0 Å². The minimum atomic E-state index is 0.506. The SMILES string of the molecule is CC(C)c1cccc(C(C)C)c1N1C=[N+](Cc2ccc3ccccc3c2)[C@@H](C(C)C)C1. The van der Waals surface area contributed by atoms with Crippen LogP contribution in [0.15, 0.2) is 60.7 Å². The van der Waals surface area contributed by atoms with E-state index >= 15 is 0 Å². The topological polar surface area (TPSA) is 6.25 Å². The molecule has 0 N–H and O–H groups in total. The molecule has 0 spiro atoms. The second-order valence-corrected chi connectivity index (χ2v) is 10.0. The zero-order valence-corrected chi connectivity index (χ0v) is 20.0. The number of hydrogen-bond acceptors (Lipinski definition) is 1. The zero-order valence-electron chi connectivity index (χ0n) is 20.0. The lowest BCUT2D eigenvalue weighted by molar-refractivity contribution is -0.574. The Bertz CT molecular complexity index is 1060. The van der Waals surface area contributed by atoms with E-state index in [9.17, 15) is 0 Å². The maximum atomic E-state index is 2.57. The van der Waals surface area contributed by atoms with Crippen molar-refractivity contribution in [3.8, 4) is 0 Å². The standard InChI is InChI=1S/C29H37N2/c1-20(2)26-12-9-13-27(21(3)4)29(26)31-18-28(22(5)6)30(19-31)17-23-14-15-24-10-7-8-11-25(24)16-23/h7-16,19-22,28H,17-18H2,1-6H3/q+1/t28-/m1/s1. The summed E-state index contributed by atoms with van der Waals surface area (Å²) in [6, 6.07) is 22.9. The molecule has 0 saturated heterocycles. The Balaban J connectivity index is 1.73. The van der Waals surface area contributed by atoms with Gasteiger partial charge in [0.15, 0.2) is 0 Å². The molecule has 3 aromatic carbocycles. The molecule has 4 rings (SSSR count). The van der Waals surface area contributed by atoms with E-state index in [0.29, 0.717) is 23.8 Å². The van der Waals surface area contributed by atoms with Crippen LogP contribution in [0.5, 0.6) is 0 Å². The minimum Gasteiger partial charge on any atom is -0.257 e. The Morgan fingerprint density at radius 1 is 0.806 bits per heavy atom. The molecule has 1 atom stereocenters. The highest BCUT2D eigenvalue weighted by Crippen LogP contribution is 2.36. The van der Waals surface area contributed by atoms with Gasteiger partial charge in [-0.05, 0) is 40.2 Å². The van der Waals surface area contributed by atoms with E-state index in [2.05, 4.69) is 118 Å². The first-order valence-corrected chi connectivity index (χ1v) is 11.8. The molecule has 0 bridgehead atoms. The summed E-state index contributed by atoms with van der Waals surface area (Å²) < 4.78 is 2.57. The smallest absolute Gasteiger partial charge is 0.240 e. The number of nitrogens with zero attached hydrogens (tertiary/aromatic N) is 2. The molecule has 31 heavy (non-hydrogen) atoms. The van der Waals surface area contributed by atoms with Crippen LogP contribution in [0.4, 0.5) is 5.69 Å². The predicted molar refractivity (Wildman–Crippen MR) is 135 cm³/mol. The number of anilines is 1. The lowest BCUT2D eigenvalue weighted by atomic mass is 9.91. The first-order chi connectivity index (χ1) is 14.8. The van der Waals surface area contributed by atoms with Crippen molar-refractivity contribution in [2.75, 3.05) is 11.4 Å². The maximum absolute atomic E-state index is 2.57. The summed E-state index contributed by atoms with van der Waals surface area (Å²) in [7, 11) is 0. The molecule has 0 aliphatic carbocycles.